The Morgan fingerprint density at radius 2 is 2.50 bits per heavy atom. The summed E-state index contributed by atoms with van der Waals surface area (Å²) in [6, 6.07) is 0. The van der Waals surface area contributed by atoms with Gasteiger partial charge in [-0.1, -0.05) is 18.7 Å². The number of rotatable bonds is 8. The van der Waals surface area contributed by atoms with Crippen molar-refractivity contribution in [3.8, 4) is 0 Å². The minimum Gasteiger partial charge on any atom is -0.368 e. The van der Waals surface area contributed by atoms with Crippen molar-refractivity contribution in [2.75, 3.05) is 12.3 Å². The molecule has 1 aliphatic rings. The highest BCUT2D eigenvalue weighted by Crippen LogP contribution is 2.42. The second kappa shape index (κ2) is 5.71. The van der Waals surface area contributed by atoms with Crippen LogP contribution < -0.4 is 11.1 Å². The fourth-order valence-corrected chi connectivity index (χ4v) is 3.13. The molecule has 1 unspecified atom stereocenters. The van der Waals surface area contributed by atoms with Gasteiger partial charge in [-0.05, 0) is 31.7 Å². The minimum absolute atomic E-state index is 0.259. The van der Waals surface area contributed by atoms with Gasteiger partial charge in [0.2, 0.25) is 5.91 Å². The van der Waals surface area contributed by atoms with Gasteiger partial charge in [-0.3, -0.25) is 9.89 Å². The van der Waals surface area contributed by atoms with E-state index in [1.807, 2.05) is 0 Å². The first-order valence-electron chi connectivity index (χ1n) is 6.22. The second-order valence-electron chi connectivity index (χ2n) is 4.62. The number of nitrogens with one attached hydrogen (secondary N) is 2. The molecule has 1 fully saturated rings. The molecular weight excluding hydrogens is 250 g/mol. The van der Waals surface area contributed by atoms with Gasteiger partial charge >= 0.3 is 0 Å². The molecule has 1 amide bonds. The summed E-state index contributed by atoms with van der Waals surface area (Å²) in [5.74, 6) is 0.699. The van der Waals surface area contributed by atoms with E-state index in [2.05, 4.69) is 27.4 Å². The third-order valence-corrected chi connectivity index (χ3v) is 4.30. The van der Waals surface area contributed by atoms with Crippen LogP contribution in [0.4, 0.5) is 0 Å². The second-order valence-corrected chi connectivity index (χ2v) is 5.58. The molecule has 1 atom stereocenters. The number of carbonyl (C=O) groups excluding carboxylic acids is 1. The van der Waals surface area contributed by atoms with Gasteiger partial charge in [-0.25, -0.2) is 4.98 Å². The van der Waals surface area contributed by atoms with E-state index in [4.69, 9.17) is 5.73 Å². The molecule has 0 saturated heterocycles. The molecular formula is C11H19N5OS. The van der Waals surface area contributed by atoms with Crippen LogP contribution in [0, 0.1) is 5.92 Å². The first-order chi connectivity index (χ1) is 8.69. The van der Waals surface area contributed by atoms with Gasteiger partial charge in [0.25, 0.3) is 0 Å². The predicted octanol–water partition coefficient (Wildman–Crippen LogP) is 0.530. The number of hydrogen-bond donors (Lipinski definition) is 3. The van der Waals surface area contributed by atoms with E-state index in [1.54, 1.807) is 0 Å². The van der Waals surface area contributed by atoms with Gasteiger partial charge in [0, 0.05) is 5.75 Å². The number of thioether (sulfide) groups is 1. The zero-order valence-corrected chi connectivity index (χ0v) is 11.3. The molecule has 6 nitrogen and oxygen atoms in total. The van der Waals surface area contributed by atoms with Crippen LogP contribution in [0.2, 0.25) is 0 Å². The van der Waals surface area contributed by atoms with Gasteiger partial charge in [-0.2, -0.15) is 5.10 Å². The quantitative estimate of drug-likeness (QED) is 0.598. The van der Waals surface area contributed by atoms with Crippen LogP contribution in [0.5, 0.6) is 0 Å². The molecule has 0 aromatic carbocycles. The van der Waals surface area contributed by atoms with Gasteiger partial charge in [0.05, 0.1) is 0 Å². The van der Waals surface area contributed by atoms with Crippen molar-refractivity contribution in [3.63, 3.8) is 0 Å². The fourth-order valence-electron chi connectivity index (χ4n) is 2.04. The Balaban J connectivity index is 2.04. The standard InChI is InChI=1S/C11H19N5OS/c1-2-5-14-11(9(12)17,8-3-4-8)6-18-10-13-7-15-16-10/h7-8,14H,2-6H2,1H3,(H2,12,17)(H,13,15,16). The molecule has 1 aromatic rings. The number of aromatic amines is 1. The van der Waals surface area contributed by atoms with E-state index in [0.717, 1.165) is 31.0 Å². The molecule has 1 saturated carbocycles. The van der Waals surface area contributed by atoms with Crippen LogP contribution in [-0.4, -0.2) is 38.9 Å². The Morgan fingerprint density at radius 1 is 1.72 bits per heavy atom. The van der Waals surface area contributed by atoms with E-state index in [1.165, 1.54) is 18.1 Å². The number of nitrogens with zero attached hydrogens (tertiary/aromatic N) is 2. The van der Waals surface area contributed by atoms with E-state index >= 15 is 0 Å². The SMILES string of the molecule is CCCNC(CSc1ncn[nH]1)(C(N)=O)C1CC1. The first kappa shape index (κ1) is 13.4. The fraction of sp³-hybridized carbons (Fsp3) is 0.727. The van der Waals surface area contributed by atoms with Crippen molar-refractivity contribution in [2.24, 2.45) is 11.7 Å². The minimum atomic E-state index is -0.604. The van der Waals surface area contributed by atoms with Crippen LogP contribution in [0.3, 0.4) is 0 Å². The maximum atomic E-state index is 11.9. The Morgan fingerprint density at radius 3 is 3.00 bits per heavy atom. The summed E-state index contributed by atoms with van der Waals surface area (Å²) < 4.78 is 0. The van der Waals surface area contributed by atoms with Gasteiger partial charge in [-0.15, -0.1) is 0 Å². The summed E-state index contributed by atoms with van der Waals surface area (Å²) >= 11 is 1.49. The van der Waals surface area contributed by atoms with Crippen LogP contribution in [0.15, 0.2) is 11.5 Å². The lowest BCUT2D eigenvalue weighted by Crippen LogP contribution is -2.59. The number of primary amides is 1. The van der Waals surface area contributed by atoms with Crippen LogP contribution >= 0.6 is 11.8 Å². The normalized spacial score (nSPS) is 18.5. The van der Waals surface area contributed by atoms with Gasteiger partial charge in [0.15, 0.2) is 5.16 Å². The molecule has 4 N–H and O–H groups in total. The molecule has 0 radical (unpaired) electrons. The number of nitrogens with two attached hydrogens (primary N) is 1. The summed E-state index contributed by atoms with van der Waals surface area (Å²) in [6.45, 7) is 2.88. The number of carbonyl (C=O) groups is 1. The largest absolute Gasteiger partial charge is 0.368 e. The summed E-state index contributed by atoms with van der Waals surface area (Å²) in [5, 5.41) is 10.7. The maximum Gasteiger partial charge on any atom is 0.238 e. The molecule has 0 bridgehead atoms. The smallest absolute Gasteiger partial charge is 0.238 e. The van der Waals surface area contributed by atoms with Gasteiger partial charge in [0.1, 0.15) is 11.9 Å². The summed E-state index contributed by atoms with van der Waals surface area (Å²) in [7, 11) is 0. The molecule has 1 heterocycles. The number of hydrogen-bond acceptors (Lipinski definition) is 5. The average molecular weight is 269 g/mol. The predicted molar refractivity (Wildman–Crippen MR) is 70.0 cm³/mol. The Kier molecular flexibility index (Phi) is 4.23. The molecule has 18 heavy (non-hydrogen) atoms. The zero-order chi connectivity index (χ0) is 13.0. The van der Waals surface area contributed by atoms with Crippen LogP contribution in [0.1, 0.15) is 26.2 Å². The van der Waals surface area contributed by atoms with Crippen LogP contribution in [-0.2, 0) is 4.79 Å². The molecule has 0 spiro atoms. The van der Waals surface area contributed by atoms with Crippen LogP contribution in [0.25, 0.3) is 0 Å². The molecule has 100 valence electrons. The average Bonchev–Trinajstić information content (AvgIpc) is 3.07. The lowest BCUT2D eigenvalue weighted by Gasteiger charge is -2.31. The molecule has 1 aliphatic carbocycles. The summed E-state index contributed by atoms with van der Waals surface area (Å²) in [5.41, 5.74) is 5.03. The summed E-state index contributed by atoms with van der Waals surface area (Å²) in [6.07, 6.45) is 4.58. The Labute approximate surface area is 111 Å². The number of amides is 1. The highest BCUT2D eigenvalue weighted by molar-refractivity contribution is 7.99. The summed E-state index contributed by atoms with van der Waals surface area (Å²) in [4.78, 5) is 15.9. The van der Waals surface area contributed by atoms with Crippen molar-refractivity contribution in [1.82, 2.24) is 20.5 Å². The highest BCUT2D eigenvalue weighted by Gasteiger charge is 2.49. The number of aromatic nitrogens is 3. The lowest BCUT2D eigenvalue weighted by molar-refractivity contribution is -0.124. The third kappa shape index (κ3) is 2.84. The van der Waals surface area contributed by atoms with Crippen molar-refractivity contribution in [2.45, 2.75) is 36.9 Å². The monoisotopic (exact) mass is 269 g/mol. The van der Waals surface area contributed by atoms with E-state index < -0.39 is 5.54 Å². The van der Waals surface area contributed by atoms with Crippen molar-refractivity contribution < 1.29 is 4.79 Å². The van der Waals surface area contributed by atoms with Crippen molar-refractivity contribution in [3.05, 3.63) is 6.33 Å². The zero-order valence-electron chi connectivity index (χ0n) is 10.5. The van der Waals surface area contributed by atoms with Crippen molar-refractivity contribution in [1.29, 1.82) is 0 Å². The highest BCUT2D eigenvalue weighted by atomic mass is 32.2. The van der Waals surface area contributed by atoms with E-state index in [9.17, 15) is 4.79 Å². The lowest BCUT2D eigenvalue weighted by atomic mass is 9.94. The topological polar surface area (TPSA) is 96.7 Å². The molecule has 1 aromatic heterocycles. The first-order valence-corrected chi connectivity index (χ1v) is 7.20. The third-order valence-electron chi connectivity index (χ3n) is 3.23. The number of H-pyrrole nitrogens is 1. The van der Waals surface area contributed by atoms with E-state index in [-0.39, 0.29) is 5.91 Å². The molecule has 2 rings (SSSR count). The van der Waals surface area contributed by atoms with Gasteiger partial charge < -0.3 is 11.1 Å². The Bertz CT molecular complexity index is 392. The maximum absolute atomic E-state index is 11.9. The van der Waals surface area contributed by atoms with Crippen molar-refractivity contribution >= 4 is 17.7 Å². The molecule has 0 aliphatic heterocycles. The Hall–Kier alpha value is -1.08. The van der Waals surface area contributed by atoms with E-state index in [0.29, 0.717) is 11.7 Å². The molecule has 7 heteroatoms.